The van der Waals surface area contributed by atoms with Crippen LogP contribution in [-0.4, -0.2) is 20.4 Å². The number of para-hydroxylation sites is 2. The van der Waals surface area contributed by atoms with Crippen molar-refractivity contribution in [2.45, 2.75) is 24.8 Å². The number of thioether (sulfide) groups is 1. The lowest BCUT2D eigenvalue weighted by molar-refractivity contribution is -0.115. The van der Waals surface area contributed by atoms with Gasteiger partial charge >= 0.3 is 0 Å². The minimum Gasteiger partial charge on any atom is -0.295 e. The first-order chi connectivity index (χ1) is 14.1. The van der Waals surface area contributed by atoms with Crippen LogP contribution in [0.5, 0.6) is 0 Å². The molecule has 0 unspecified atom stereocenters. The van der Waals surface area contributed by atoms with E-state index >= 15 is 0 Å². The first-order valence-corrected chi connectivity index (χ1v) is 11.0. The molecule has 2 aromatic carbocycles. The zero-order valence-electron chi connectivity index (χ0n) is 16.1. The molecule has 0 saturated heterocycles. The fraction of sp³-hybridized carbons (Fsp3) is 0.136. The van der Waals surface area contributed by atoms with Gasteiger partial charge in [0, 0.05) is 30.5 Å². The van der Waals surface area contributed by atoms with E-state index in [9.17, 15) is 4.79 Å². The Morgan fingerprint density at radius 3 is 2.66 bits per heavy atom. The number of imidazole rings is 1. The molecule has 0 atom stereocenters. The summed E-state index contributed by atoms with van der Waals surface area (Å²) in [5, 5.41) is 3.60. The molecule has 0 aliphatic heterocycles. The summed E-state index contributed by atoms with van der Waals surface area (Å²) in [4.78, 5) is 23.0. The maximum atomic E-state index is 12.2. The highest BCUT2D eigenvalue weighted by Crippen LogP contribution is 2.31. The van der Waals surface area contributed by atoms with Gasteiger partial charge in [0.05, 0.1) is 17.1 Å². The van der Waals surface area contributed by atoms with E-state index in [-0.39, 0.29) is 5.91 Å². The van der Waals surface area contributed by atoms with Crippen LogP contribution in [0.4, 0.5) is 10.8 Å². The van der Waals surface area contributed by atoms with Crippen LogP contribution < -0.4 is 4.90 Å². The number of thiazole rings is 1. The normalized spacial score (nSPS) is 10.8. The molecule has 0 N–H and O–H groups in total. The molecule has 7 heteroatoms. The van der Waals surface area contributed by atoms with Gasteiger partial charge < -0.3 is 0 Å². The molecule has 0 aliphatic carbocycles. The highest BCUT2D eigenvalue weighted by molar-refractivity contribution is 7.98. The Morgan fingerprint density at radius 2 is 1.90 bits per heavy atom. The molecule has 2 heterocycles. The van der Waals surface area contributed by atoms with Gasteiger partial charge in [0.1, 0.15) is 0 Å². The van der Waals surface area contributed by atoms with Gasteiger partial charge in [-0.2, -0.15) is 0 Å². The topological polar surface area (TPSA) is 51.0 Å². The molecular formula is C22H20N4OS2. The number of hydrogen-bond donors (Lipinski definition) is 0. The minimum absolute atomic E-state index is 0.0557. The average Bonchev–Trinajstić information content (AvgIpc) is 3.37. The molecule has 0 spiro atoms. The van der Waals surface area contributed by atoms with Gasteiger partial charge in [-0.25, -0.2) is 9.97 Å². The number of aromatic nitrogens is 3. The van der Waals surface area contributed by atoms with E-state index in [0.29, 0.717) is 10.9 Å². The first kappa shape index (κ1) is 19.4. The van der Waals surface area contributed by atoms with Crippen molar-refractivity contribution >= 4 is 39.8 Å². The SMILES string of the molecule is CC(=O)N(c1ccccc1)c1nc(CSc2nccn2-c2ccccc2C)cs1. The molecule has 29 heavy (non-hydrogen) atoms. The summed E-state index contributed by atoms with van der Waals surface area (Å²) in [7, 11) is 0. The molecule has 0 radical (unpaired) electrons. The van der Waals surface area contributed by atoms with Crippen LogP contribution in [0.2, 0.25) is 0 Å². The molecular weight excluding hydrogens is 400 g/mol. The standard InChI is InChI=1S/C22H20N4OS2/c1-16-8-6-7-11-20(16)25-13-12-23-21(25)28-14-18-15-29-22(24-18)26(17(2)27)19-9-4-3-5-10-19/h3-13,15H,14H2,1-2H3. The highest BCUT2D eigenvalue weighted by atomic mass is 32.2. The summed E-state index contributed by atoms with van der Waals surface area (Å²) in [6.45, 7) is 3.65. The maximum absolute atomic E-state index is 12.2. The molecule has 4 aromatic rings. The number of hydrogen-bond acceptors (Lipinski definition) is 5. The smallest absolute Gasteiger partial charge is 0.230 e. The number of carbonyl (C=O) groups is 1. The van der Waals surface area contributed by atoms with Crippen molar-refractivity contribution in [2.75, 3.05) is 4.90 Å². The maximum Gasteiger partial charge on any atom is 0.230 e. The third kappa shape index (κ3) is 4.26. The second-order valence-corrected chi connectivity index (χ2v) is 8.25. The minimum atomic E-state index is -0.0557. The van der Waals surface area contributed by atoms with E-state index in [1.807, 2.05) is 60.2 Å². The second-order valence-electron chi connectivity index (χ2n) is 6.47. The third-order valence-electron chi connectivity index (χ3n) is 4.39. The number of carbonyl (C=O) groups excluding carboxylic acids is 1. The summed E-state index contributed by atoms with van der Waals surface area (Å²) in [5.41, 5.74) is 4.07. The van der Waals surface area contributed by atoms with Crippen LogP contribution in [0, 0.1) is 6.92 Å². The van der Waals surface area contributed by atoms with Crippen molar-refractivity contribution in [2.24, 2.45) is 0 Å². The molecule has 4 rings (SSSR count). The Kier molecular flexibility index (Phi) is 5.78. The molecule has 5 nitrogen and oxygen atoms in total. The first-order valence-electron chi connectivity index (χ1n) is 9.16. The van der Waals surface area contributed by atoms with Gasteiger partial charge in [-0.15, -0.1) is 11.3 Å². The molecule has 146 valence electrons. The number of benzene rings is 2. The van der Waals surface area contributed by atoms with Gasteiger partial charge in [0.2, 0.25) is 5.91 Å². The Morgan fingerprint density at radius 1 is 1.14 bits per heavy atom. The zero-order valence-corrected chi connectivity index (χ0v) is 17.8. The van der Waals surface area contributed by atoms with E-state index in [1.165, 1.54) is 16.9 Å². The summed E-state index contributed by atoms with van der Waals surface area (Å²) in [6, 6.07) is 17.8. The van der Waals surface area contributed by atoms with Gasteiger partial charge in [-0.05, 0) is 30.7 Å². The van der Waals surface area contributed by atoms with Crippen molar-refractivity contribution < 1.29 is 4.79 Å². The fourth-order valence-corrected chi connectivity index (χ4v) is 4.87. The van der Waals surface area contributed by atoms with Crippen molar-refractivity contribution in [3.8, 4) is 5.69 Å². The molecule has 0 aliphatic rings. The zero-order chi connectivity index (χ0) is 20.2. The summed E-state index contributed by atoms with van der Waals surface area (Å²) in [6.07, 6.45) is 3.79. The highest BCUT2D eigenvalue weighted by Gasteiger charge is 2.18. The molecule has 0 fully saturated rings. The molecule has 0 saturated carbocycles. The quantitative estimate of drug-likeness (QED) is 0.380. The van der Waals surface area contributed by atoms with Gasteiger partial charge in [-0.1, -0.05) is 48.2 Å². The van der Waals surface area contributed by atoms with Crippen molar-refractivity contribution in [1.82, 2.24) is 14.5 Å². The molecule has 2 aromatic heterocycles. The van der Waals surface area contributed by atoms with Crippen LogP contribution in [-0.2, 0) is 10.5 Å². The predicted molar refractivity (Wildman–Crippen MR) is 119 cm³/mol. The van der Waals surface area contributed by atoms with Gasteiger partial charge in [0.25, 0.3) is 0 Å². The molecule has 1 amide bonds. The Labute approximate surface area is 178 Å². The van der Waals surface area contributed by atoms with E-state index in [1.54, 1.807) is 23.6 Å². The summed E-state index contributed by atoms with van der Waals surface area (Å²) in [5.74, 6) is 0.625. The van der Waals surface area contributed by atoms with Crippen LogP contribution in [0.1, 0.15) is 18.2 Å². The third-order valence-corrected chi connectivity index (χ3v) is 6.27. The predicted octanol–water partition coefficient (Wildman–Crippen LogP) is 5.61. The van der Waals surface area contributed by atoms with E-state index < -0.39 is 0 Å². The second kappa shape index (κ2) is 8.63. The fourth-order valence-electron chi connectivity index (χ4n) is 3.02. The van der Waals surface area contributed by atoms with Crippen LogP contribution in [0.25, 0.3) is 5.69 Å². The lowest BCUT2D eigenvalue weighted by Gasteiger charge is -2.17. The number of amides is 1. The number of anilines is 2. The Bertz CT molecular complexity index is 1120. The van der Waals surface area contributed by atoms with Crippen LogP contribution in [0.3, 0.4) is 0 Å². The Hall–Kier alpha value is -2.90. The van der Waals surface area contributed by atoms with E-state index in [2.05, 4.69) is 28.6 Å². The number of nitrogens with zero attached hydrogens (tertiary/aromatic N) is 4. The monoisotopic (exact) mass is 420 g/mol. The summed E-state index contributed by atoms with van der Waals surface area (Å²) >= 11 is 3.11. The Balaban J connectivity index is 1.52. The van der Waals surface area contributed by atoms with Crippen LogP contribution >= 0.6 is 23.1 Å². The summed E-state index contributed by atoms with van der Waals surface area (Å²) < 4.78 is 2.10. The van der Waals surface area contributed by atoms with E-state index in [0.717, 1.165) is 22.2 Å². The largest absolute Gasteiger partial charge is 0.295 e. The lowest BCUT2D eigenvalue weighted by Crippen LogP contribution is -2.22. The van der Waals surface area contributed by atoms with Gasteiger partial charge in [-0.3, -0.25) is 14.3 Å². The van der Waals surface area contributed by atoms with Crippen molar-refractivity contribution in [1.29, 1.82) is 0 Å². The van der Waals surface area contributed by atoms with E-state index in [4.69, 9.17) is 4.98 Å². The van der Waals surface area contributed by atoms with Crippen molar-refractivity contribution in [3.05, 3.63) is 83.6 Å². The number of aryl methyl sites for hydroxylation is 1. The van der Waals surface area contributed by atoms with Crippen molar-refractivity contribution in [3.63, 3.8) is 0 Å². The lowest BCUT2D eigenvalue weighted by atomic mass is 10.2. The van der Waals surface area contributed by atoms with Gasteiger partial charge in [0.15, 0.2) is 10.3 Å². The van der Waals surface area contributed by atoms with Crippen LogP contribution in [0.15, 0.2) is 77.5 Å². The number of rotatable bonds is 6. The molecule has 0 bridgehead atoms. The average molecular weight is 421 g/mol.